The second kappa shape index (κ2) is 11.5. The van der Waals surface area contributed by atoms with Crippen LogP contribution in [0.1, 0.15) is 57.9 Å². The van der Waals surface area contributed by atoms with E-state index in [4.69, 9.17) is 16.3 Å². The highest BCUT2D eigenvalue weighted by atomic mass is 35.5. The monoisotopic (exact) mass is 547 g/mol. The van der Waals surface area contributed by atoms with Crippen LogP contribution in [0.4, 0.5) is 10.1 Å². The number of carbonyl (C=O) groups excluding carboxylic acids is 4. The lowest BCUT2D eigenvalue weighted by atomic mass is 9.73. The molecule has 5 rings (SSSR count). The predicted octanol–water partition coefficient (Wildman–Crippen LogP) is 5.94. The van der Waals surface area contributed by atoms with Crippen molar-refractivity contribution in [2.75, 3.05) is 10.8 Å². The zero-order valence-electron chi connectivity index (χ0n) is 21.1. The maximum absolute atomic E-state index is 13.3. The number of ether oxygens (including phenoxy) is 1. The van der Waals surface area contributed by atoms with Crippen molar-refractivity contribution < 1.29 is 28.3 Å². The van der Waals surface area contributed by atoms with Crippen molar-refractivity contribution in [2.24, 2.45) is 11.8 Å². The van der Waals surface area contributed by atoms with E-state index in [0.29, 0.717) is 18.5 Å². The molecule has 0 bridgehead atoms. The zero-order valence-corrected chi connectivity index (χ0v) is 21.9. The molecule has 2 amide bonds. The molecule has 1 aliphatic carbocycles. The Bertz CT molecular complexity index is 1380. The summed E-state index contributed by atoms with van der Waals surface area (Å²) in [4.78, 5) is 53.4. The third-order valence-corrected chi connectivity index (χ3v) is 7.82. The van der Waals surface area contributed by atoms with Gasteiger partial charge in [-0.3, -0.25) is 19.3 Å². The molecule has 0 unspecified atom stereocenters. The SMILES string of the molecule is O=C(O[C@H](CCCl)C(=O)c1ccc(F)cc1)c1ccc(N2C(=O)[C@@H]3CC[C@@H](c4ccccc4)C[C@H]3C2=O)cc1. The third kappa shape index (κ3) is 5.50. The van der Waals surface area contributed by atoms with Crippen LogP contribution in [0, 0.1) is 17.7 Å². The van der Waals surface area contributed by atoms with Gasteiger partial charge in [-0.1, -0.05) is 30.3 Å². The van der Waals surface area contributed by atoms with Gasteiger partial charge in [0.05, 0.1) is 23.1 Å². The molecule has 0 aromatic heterocycles. The van der Waals surface area contributed by atoms with Crippen LogP contribution >= 0.6 is 11.6 Å². The fourth-order valence-electron chi connectivity index (χ4n) is 5.55. The number of ketones is 1. The average Bonchev–Trinajstić information content (AvgIpc) is 3.22. The molecule has 0 radical (unpaired) electrons. The molecule has 200 valence electrons. The summed E-state index contributed by atoms with van der Waals surface area (Å²) in [5, 5.41) is 0. The summed E-state index contributed by atoms with van der Waals surface area (Å²) in [6.45, 7) is 0. The number of nitrogens with zero attached hydrogens (tertiary/aromatic N) is 1. The van der Waals surface area contributed by atoms with Crippen molar-refractivity contribution in [1.82, 2.24) is 0 Å². The number of hydrogen-bond donors (Lipinski definition) is 0. The number of Topliss-reactive ketones (excluding diaryl/α,β-unsaturated/α-hetero) is 1. The molecule has 6 nitrogen and oxygen atoms in total. The Morgan fingerprint density at radius 1 is 0.872 bits per heavy atom. The zero-order chi connectivity index (χ0) is 27.5. The van der Waals surface area contributed by atoms with Crippen LogP contribution in [-0.2, 0) is 14.3 Å². The van der Waals surface area contributed by atoms with E-state index in [2.05, 4.69) is 12.1 Å². The van der Waals surface area contributed by atoms with Crippen molar-refractivity contribution in [2.45, 2.75) is 37.7 Å². The maximum atomic E-state index is 13.3. The lowest BCUT2D eigenvalue weighted by Gasteiger charge is -2.28. The molecular formula is C31H27ClFNO5. The number of alkyl halides is 1. The Morgan fingerprint density at radius 2 is 1.51 bits per heavy atom. The first-order valence-electron chi connectivity index (χ1n) is 13.0. The van der Waals surface area contributed by atoms with Gasteiger partial charge in [0.2, 0.25) is 17.6 Å². The minimum atomic E-state index is -1.14. The van der Waals surface area contributed by atoms with Crippen LogP contribution in [-0.4, -0.2) is 35.6 Å². The number of rotatable bonds is 8. The van der Waals surface area contributed by atoms with Gasteiger partial charge in [0, 0.05) is 17.9 Å². The number of esters is 1. The van der Waals surface area contributed by atoms with E-state index in [-0.39, 0.29) is 53.0 Å². The van der Waals surface area contributed by atoms with Gasteiger partial charge in [-0.25, -0.2) is 9.18 Å². The summed E-state index contributed by atoms with van der Waals surface area (Å²) in [7, 11) is 0. The van der Waals surface area contributed by atoms with E-state index in [9.17, 15) is 23.6 Å². The van der Waals surface area contributed by atoms with Gasteiger partial charge in [-0.05, 0) is 79.3 Å². The number of amides is 2. The van der Waals surface area contributed by atoms with E-state index < -0.39 is 23.7 Å². The van der Waals surface area contributed by atoms with Gasteiger partial charge >= 0.3 is 5.97 Å². The summed E-state index contributed by atoms with van der Waals surface area (Å²) in [5.74, 6) is -2.52. The lowest BCUT2D eigenvalue weighted by Crippen LogP contribution is -2.31. The molecule has 0 N–H and O–H groups in total. The molecule has 2 aliphatic rings. The van der Waals surface area contributed by atoms with Crippen molar-refractivity contribution in [3.8, 4) is 0 Å². The van der Waals surface area contributed by atoms with E-state index in [0.717, 1.165) is 18.6 Å². The molecule has 3 aromatic rings. The van der Waals surface area contributed by atoms with Crippen molar-refractivity contribution in [3.63, 3.8) is 0 Å². The minimum absolute atomic E-state index is 0.0798. The van der Waals surface area contributed by atoms with Crippen LogP contribution in [0.25, 0.3) is 0 Å². The van der Waals surface area contributed by atoms with Crippen LogP contribution < -0.4 is 4.90 Å². The van der Waals surface area contributed by atoms with Gasteiger partial charge in [-0.2, -0.15) is 0 Å². The van der Waals surface area contributed by atoms with Crippen LogP contribution in [0.15, 0.2) is 78.9 Å². The predicted molar refractivity (Wildman–Crippen MR) is 144 cm³/mol. The van der Waals surface area contributed by atoms with Crippen molar-refractivity contribution >= 4 is 40.9 Å². The molecular weight excluding hydrogens is 521 g/mol. The second-order valence-corrected chi connectivity index (χ2v) is 10.3. The molecule has 39 heavy (non-hydrogen) atoms. The van der Waals surface area contributed by atoms with E-state index in [1.807, 2.05) is 18.2 Å². The molecule has 4 atom stereocenters. The van der Waals surface area contributed by atoms with Gasteiger partial charge < -0.3 is 4.74 Å². The quantitative estimate of drug-likeness (QED) is 0.151. The molecule has 1 aliphatic heterocycles. The molecule has 8 heteroatoms. The average molecular weight is 548 g/mol. The number of fused-ring (bicyclic) bond motifs is 1. The van der Waals surface area contributed by atoms with Gasteiger partial charge in [0.25, 0.3) is 0 Å². The van der Waals surface area contributed by atoms with Crippen LogP contribution in [0.5, 0.6) is 0 Å². The van der Waals surface area contributed by atoms with Gasteiger partial charge in [-0.15, -0.1) is 11.6 Å². The van der Waals surface area contributed by atoms with Crippen LogP contribution in [0.2, 0.25) is 0 Å². The largest absolute Gasteiger partial charge is 0.450 e. The second-order valence-electron chi connectivity index (χ2n) is 9.94. The maximum Gasteiger partial charge on any atom is 0.338 e. The fourth-order valence-corrected chi connectivity index (χ4v) is 5.75. The summed E-state index contributed by atoms with van der Waals surface area (Å²) in [6, 6.07) is 21.0. The third-order valence-electron chi connectivity index (χ3n) is 7.60. The smallest absolute Gasteiger partial charge is 0.338 e. The Labute approximate surface area is 230 Å². The highest BCUT2D eigenvalue weighted by molar-refractivity contribution is 6.22. The number of anilines is 1. The minimum Gasteiger partial charge on any atom is -0.450 e. The first kappa shape index (κ1) is 26.8. The van der Waals surface area contributed by atoms with Crippen molar-refractivity contribution in [1.29, 1.82) is 0 Å². The molecule has 1 heterocycles. The highest BCUT2D eigenvalue weighted by Gasteiger charge is 2.50. The molecule has 2 fully saturated rings. The summed E-state index contributed by atoms with van der Waals surface area (Å²) >= 11 is 5.83. The Balaban J connectivity index is 1.27. The Hall–Kier alpha value is -3.84. The standard InChI is InChI=1S/C31H27ClFNO5/c32-17-16-27(28(35)20-6-11-23(33)12-7-20)39-31(38)21-8-13-24(14-9-21)34-29(36)25-15-10-22(18-26(25)30(34)37)19-4-2-1-3-5-19/h1-9,11-14,22,25-27H,10,15-18H2/t22-,25-,26-,27-/m1/s1. The molecule has 1 saturated heterocycles. The number of benzene rings is 3. The van der Waals surface area contributed by atoms with Gasteiger partial charge in [0.1, 0.15) is 5.82 Å². The Morgan fingerprint density at radius 3 is 2.18 bits per heavy atom. The lowest BCUT2D eigenvalue weighted by molar-refractivity contribution is -0.122. The normalized spacial score (nSPS) is 21.4. The summed E-state index contributed by atoms with van der Waals surface area (Å²) < 4.78 is 18.7. The van der Waals surface area contributed by atoms with E-state index in [1.54, 1.807) is 0 Å². The first-order valence-corrected chi connectivity index (χ1v) is 13.5. The number of carbonyl (C=O) groups is 4. The van der Waals surface area contributed by atoms with E-state index in [1.165, 1.54) is 46.9 Å². The number of hydrogen-bond acceptors (Lipinski definition) is 5. The first-order chi connectivity index (χ1) is 18.9. The summed E-state index contributed by atoms with van der Waals surface area (Å²) in [5.41, 5.74) is 1.94. The number of halogens is 2. The van der Waals surface area contributed by atoms with Gasteiger partial charge in [0.15, 0.2) is 6.10 Å². The molecule has 3 aromatic carbocycles. The summed E-state index contributed by atoms with van der Waals surface area (Å²) in [6.07, 6.45) is 1.08. The highest BCUT2D eigenvalue weighted by Crippen LogP contribution is 2.45. The van der Waals surface area contributed by atoms with Crippen molar-refractivity contribution in [3.05, 3.63) is 101 Å². The van der Waals surface area contributed by atoms with Crippen LogP contribution in [0.3, 0.4) is 0 Å². The topological polar surface area (TPSA) is 80.8 Å². The molecule has 1 saturated carbocycles. The molecule has 0 spiro atoms. The van der Waals surface area contributed by atoms with E-state index >= 15 is 0 Å². The fraction of sp³-hybridized carbons (Fsp3) is 0.290. The number of imide groups is 1. The Kier molecular flexibility index (Phi) is 7.89.